The Morgan fingerprint density at radius 2 is 2.17 bits per heavy atom. The van der Waals surface area contributed by atoms with Crippen LogP contribution in [0.5, 0.6) is 0 Å². The summed E-state index contributed by atoms with van der Waals surface area (Å²) in [6.07, 6.45) is 9.67. The molecular weight excluding hydrogens is 244 g/mol. The minimum Gasteiger partial charge on any atom is -0.308 e. The molecule has 18 heavy (non-hydrogen) atoms. The lowest BCUT2D eigenvalue weighted by molar-refractivity contribution is 0.268. The molecule has 1 saturated carbocycles. The van der Waals surface area contributed by atoms with Gasteiger partial charge in [0.25, 0.3) is 0 Å². The van der Waals surface area contributed by atoms with Crippen molar-refractivity contribution < 1.29 is 0 Å². The topological polar surface area (TPSA) is 24.9 Å². The van der Waals surface area contributed by atoms with E-state index in [1.807, 2.05) is 18.3 Å². The first-order valence-electron chi connectivity index (χ1n) is 7.16. The molecule has 0 aliphatic heterocycles. The molecule has 1 unspecified atom stereocenters. The average molecular weight is 267 g/mol. The zero-order valence-electron chi connectivity index (χ0n) is 11.2. The molecule has 1 aromatic heterocycles. The van der Waals surface area contributed by atoms with E-state index in [1.54, 1.807) is 0 Å². The second-order valence-electron chi connectivity index (χ2n) is 5.20. The van der Waals surface area contributed by atoms with Crippen LogP contribution in [0.25, 0.3) is 0 Å². The highest BCUT2D eigenvalue weighted by Crippen LogP contribution is 2.35. The molecule has 0 radical (unpaired) electrons. The van der Waals surface area contributed by atoms with Crippen LogP contribution in [-0.4, -0.2) is 11.5 Å². The summed E-state index contributed by atoms with van der Waals surface area (Å²) in [5.41, 5.74) is 1.04. The van der Waals surface area contributed by atoms with Gasteiger partial charge < -0.3 is 5.32 Å². The Hall–Kier alpha value is -0.600. The van der Waals surface area contributed by atoms with E-state index in [-0.39, 0.29) is 0 Å². The Morgan fingerprint density at radius 1 is 1.39 bits per heavy atom. The Balaban J connectivity index is 2.15. The number of aromatic nitrogens is 1. The number of halogens is 1. The van der Waals surface area contributed by atoms with E-state index in [9.17, 15) is 0 Å². The summed E-state index contributed by atoms with van der Waals surface area (Å²) in [7, 11) is 0. The van der Waals surface area contributed by atoms with Gasteiger partial charge in [0, 0.05) is 6.20 Å². The largest absolute Gasteiger partial charge is 0.308 e. The first-order valence-corrected chi connectivity index (χ1v) is 7.54. The summed E-state index contributed by atoms with van der Waals surface area (Å²) in [4.78, 5) is 4.51. The van der Waals surface area contributed by atoms with Gasteiger partial charge in [-0.2, -0.15) is 0 Å². The van der Waals surface area contributed by atoms with Crippen LogP contribution in [0.1, 0.15) is 57.2 Å². The van der Waals surface area contributed by atoms with Gasteiger partial charge in [-0.3, -0.25) is 4.98 Å². The first-order chi connectivity index (χ1) is 8.83. The molecular formula is C15H23ClN2. The Kier molecular flexibility index (Phi) is 5.45. The molecule has 1 fully saturated rings. The Bertz CT molecular complexity index is 361. The van der Waals surface area contributed by atoms with E-state index < -0.39 is 0 Å². The van der Waals surface area contributed by atoms with Crippen molar-refractivity contribution in [3.63, 3.8) is 0 Å². The summed E-state index contributed by atoms with van der Waals surface area (Å²) < 4.78 is 0. The summed E-state index contributed by atoms with van der Waals surface area (Å²) in [6, 6.07) is 4.19. The van der Waals surface area contributed by atoms with Gasteiger partial charge in [-0.25, -0.2) is 0 Å². The maximum Gasteiger partial charge on any atom is 0.0761 e. The van der Waals surface area contributed by atoms with Gasteiger partial charge in [0.1, 0.15) is 0 Å². The van der Waals surface area contributed by atoms with Gasteiger partial charge >= 0.3 is 0 Å². The van der Waals surface area contributed by atoms with E-state index in [4.69, 9.17) is 11.6 Å². The van der Waals surface area contributed by atoms with Crippen molar-refractivity contribution >= 4 is 11.6 Å². The summed E-state index contributed by atoms with van der Waals surface area (Å²) in [5.74, 6) is 0.692. The molecule has 1 aromatic rings. The minimum atomic E-state index is 0.332. The summed E-state index contributed by atoms with van der Waals surface area (Å²) >= 11 is 6.31. The van der Waals surface area contributed by atoms with Gasteiger partial charge in [0.05, 0.1) is 16.8 Å². The predicted molar refractivity (Wildman–Crippen MR) is 76.9 cm³/mol. The molecule has 1 aliphatic rings. The fraction of sp³-hybridized carbons (Fsp3) is 0.667. The number of hydrogen-bond donors (Lipinski definition) is 1. The number of pyridine rings is 1. The smallest absolute Gasteiger partial charge is 0.0761 e. The molecule has 2 nitrogen and oxygen atoms in total. The second kappa shape index (κ2) is 7.10. The molecule has 0 spiro atoms. The maximum absolute atomic E-state index is 6.31. The van der Waals surface area contributed by atoms with Crippen molar-refractivity contribution in [3.05, 3.63) is 29.0 Å². The van der Waals surface area contributed by atoms with Crippen LogP contribution >= 0.6 is 11.6 Å². The number of hydrogen-bond acceptors (Lipinski definition) is 2. The zero-order valence-corrected chi connectivity index (χ0v) is 11.9. The van der Waals surface area contributed by atoms with E-state index in [2.05, 4.69) is 17.2 Å². The number of nitrogens with one attached hydrogen (secondary N) is 1. The maximum atomic E-state index is 6.31. The highest BCUT2D eigenvalue weighted by molar-refractivity contribution is 6.31. The van der Waals surface area contributed by atoms with E-state index >= 15 is 0 Å². The average Bonchev–Trinajstić information content (AvgIpc) is 2.42. The molecule has 0 saturated heterocycles. The quantitative estimate of drug-likeness (QED) is 0.857. The van der Waals surface area contributed by atoms with Crippen LogP contribution in [0.4, 0.5) is 0 Å². The molecule has 100 valence electrons. The highest BCUT2D eigenvalue weighted by atomic mass is 35.5. The summed E-state index contributed by atoms with van der Waals surface area (Å²) in [6.45, 7) is 3.24. The molecule has 0 aromatic carbocycles. The molecule has 2 rings (SSSR count). The lowest BCUT2D eigenvalue weighted by Crippen LogP contribution is -2.31. The van der Waals surface area contributed by atoms with Crippen LogP contribution < -0.4 is 5.32 Å². The third kappa shape index (κ3) is 3.46. The fourth-order valence-corrected chi connectivity index (χ4v) is 3.12. The van der Waals surface area contributed by atoms with Gasteiger partial charge in [-0.05, 0) is 43.9 Å². The minimum absolute atomic E-state index is 0.332. The van der Waals surface area contributed by atoms with Gasteiger partial charge in [0.15, 0.2) is 0 Å². The van der Waals surface area contributed by atoms with Crippen LogP contribution in [0.3, 0.4) is 0 Å². The second-order valence-corrected chi connectivity index (χ2v) is 5.61. The molecule has 1 aliphatic carbocycles. The molecule has 1 atom stereocenters. The van der Waals surface area contributed by atoms with E-state index in [0.29, 0.717) is 12.0 Å². The van der Waals surface area contributed by atoms with Crippen molar-refractivity contribution in [3.8, 4) is 0 Å². The van der Waals surface area contributed by atoms with Gasteiger partial charge in [-0.15, -0.1) is 0 Å². The van der Waals surface area contributed by atoms with Crippen LogP contribution in [0.15, 0.2) is 18.3 Å². The van der Waals surface area contributed by atoms with E-state index in [0.717, 1.165) is 23.7 Å². The fourth-order valence-electron chi connectivity index (χ4n) is 2.88. The van der Waals surface area contributed by atoms with Crippen LogP contribution in [-0.2, 0) is 0 Å². The SMILES string of the molecule is CCCNC(c1ncccc1Cl)C1CCCCC1. The summed E-state index contributed by atoms with van der Waals surface area (Å²) in [5, 5.41) is 4.45. The van der Waals surface area contributed by atoms with Crippen molar-refractivity contribution in [2.75, 3.05) is 6.54 Å². The van der Waals surface area contributed by atoms with Crippen molar-refractivity contribution in [1.82, 2.24) is 10.3 Å². The monoisotopic (exact) mass is 266 g/mol. The third-order valence-corrected chi connectivity index (χ3v) is 4.14. The number of nitrogens with zero attached hydrogens (tertiary/aromatic N) is 1. The Labute approximate surface area is 115 Å². The van der Waals surface area contributed by atoms with Crippen LogP contribution in [0, 0.1) is 5.92 Å². The number of rotatable bonds is 5. The lowest BCUT2D eigenvalue weighted by Gasteiger charge is -2.31. The molecule has 0 amide bonds. The molecule has 1 N–H and O–H groups in total. The van der Waals surface area contributed by atoms with Gasteiger partial charge in [-0.1, -0.05) is 37.8 Å². The van der Waals surface area contributed by atoms with Crippen molar-refractivity contribution in [2.24, 2.45) is 5.92 Å². The standard InChI is InChI=1S/C15H23ClN2/c1-2-10-17-14(12-7-4-3-5-8-12)15-13(16)9-6-11-18-15/h6,9,11-12,14,17H,2-5,7-8,10H2,1H3. The van der Waals surface area contributed by atoms with Crippen LogP contribution in [0.2, 0.25) is 5.02 Å². The molecule has 1 heterocycles. The zero-order chi connectivity index (χ0) is 12.8. The van der Waals surface area contributed by atoms with Gasteiger partial charge in [0.2, 0.25) is 0 Å². The Morgan fingerprint density at radius 3 is 2.83 bits per heavy atom. The van der Waals surface area contributed by atoms with Crippen molar-refractivity contribution in [2.45, 2.75) is 51.5 Å². The predicted octanol–water partition coefficient (Wildman–Crippen LogP) is 4.36. The molecule has 0 bridgehead atoms. The molecule has 3 heteroatoms. The first kappa shape index (κ1) is 13.8. The third-order valence-electron chi connectivity index (χ3n) is 3.82. The lowest BCUT2D eigenvalue weighted by atomic mass is 9.82. The normalized spacial score (nSPS) is 18.8. The van der Waals surface area contributed by atoms with Crippen molar-refractivity contribution in [1.29, 1.82) is 0 Å². The van der Waals surface area contributed by atoms with E-state index in [1.165, 1.54) is 32.1 Å². The highest BCUT2D eigenvalue weighted by Gasteiger charge is 2.26.